The topological polar surface area (TPSA) is 104 Å². The summed E-state index contributed by atoms with van der Waals surface area (Å²) < 4.78 is 7.86. The van der Waals surface area contributed by atoms with Crippen molar-refractivity contribution in [3.63, 3.8) is 0 Å². The zero-order chi connectivity index (χ0) is 19.6. The number of aliphatic hydroxyl groups is 1. The number of hydrogen-bond donors (Lipinski definition) is 1. The minimum absolute atomic E-state index is 0.0921. The lowest BCUT2D eigenvalue weighted by Crippen LogP contribution is -2.24. The van der Waals surface area contributed by atoms with E-state index < -0.39 is 0 Å². The van der Waals surface area contributed by atoms with Gasteiger partial charge in [-0.1, -0.05) is 0 Å². The molecule has 10 heteroatoms. The van der Waals surface area contributed by atoms with Crippen LogP contribution in [0.15, 0.2) is 22.6 Å². The highest BCUT2D eigenvalue weighted by molar-refractivity contribution is 5.88. The SMILES string of the molecule is C/C(=N/c1ncnc2c1ncn2[C@H]1C[C@H](/N=C\N(C)C)[C@@H](CO)O1)N(C)C. The number of fused-ring (bicyclic) bond motifs is 1. The first-order valence-electron chi connectivity index (χ1n) is 8.77. The van der Waals surface area contributed by atoms with Crippen LogP contribution in [0.25, 0.3) is 11.2 Å². The quantitative estimate of drug-likeness (QED) is 0.606. The van der Waals surface area contributed by atoms with E-state index in [1.54, 1.807) is 12.7 Å². The highest BCUT2D eigenvalue weighted by atomic mass is 16.5. The van der Waals surface area contributed by atoms with Gasteiger partial charge in [-0.15, -0.1) is 0 Å². The Labute approximate surface area is 158 Å². The number of aliphatic hydroxyl groups excluding tert-OH is 1. The van der Waals surface area contributed by atoms with Crippen molar-refractivity contribution in [3.8, 4) is 0 Å². The predicted octanol–water partition coefficient (Wildman–Crippen LogP) is 0.676. The van der Waals surface area contributed by atoms with Gasteiger partial charge >= 0.3 is 0 Å². The first-order chi connectivity index (χ1) is 12.9. The van der Waals surface area contributed by atoms with E-state index >= 15 is 0 Å². The largest absolute Gasteiger partial charge is 0.394 e. The Bertz CT molecular complexity index is 845. The molecule has 0 amide bonds. The lowest BCUT2D eigenvalue weighted by Gasteiger charge is -2.14. The molecule has 1 fully saturated rings. The van der Waals surface area contributed by atoms with E-state index in [-0.39, 0.29) is 25.0 Å². The molecule has 146 valence electrons. The maximum absolute atomic E-state index is 9.64. The van der Waals surface area contributed by atoms with Gasteiger partial charge in [-0.05, 0) is 6.92 Å². The molecule has 0 aliphatic carbocycles. The van der Waals surface area contributed by atoms with Crippen molar-refractivity contribution in [2.45, 2.75) is 31.7 Å². The molecule has 3 rings (SSSR count). The molecule has 1 saturated heterocycles. The van der Waals surface area contributed by atoms with Crippen molar-refractivity contribution < 1.29 is 9.84 Å². The van der Waals surface area contributed by atoms with Crippen molar-refractivity contribution in [2.24, 2.45) is 9.98 Å². The number of nitrogens with zero attached hydrogens (tertiary/aromatic N) is 8. The van der Waals surface area contributed by atoms with Crippen molar-refractivity contribution in [1.82, 2.24) is 29.3 Å². The molecule has 0 spiro atoms. The van der Waals surface area contributed by atoms with Crippen LogP contribution in [0.2, 0.25) is 0 Å². The Morgan fingerprint density at radius 2 is 2.11 bits per heavy atom. The lowest BCUT2D eigenvalue weighted by molar-refractivity contribution is -0.0232. The second kappa shape index (κ2) is 7.97. The van der Waals surface area contributed by atoms with E-state index in [1.165, 1.54) is 6.33 Å². The molecule has 1 N–H and O–H groups in total. The van der Waals surface area contributed by atoms with E-state index in [0.717, 1.165) is 5.84 Å². The van der Waals surface area contributed by atoms with Crippen LogP contribution in [0.5, 0.6) is 0 Å². The van der Waals surface area contributed by atoms with Crippen LogP contribution in [0.3, 0.4) is 0 Å². The monoisotopic (exact) mass is 374 g/mol. The fourth-order valence-electron chi connectivity index (χ4n) is 2.81. The molecule has 3 atom stereocenters. The van der Waals surface area contributed by atoms with Crippen LogP contribution in [0.1, 0.15) is 19.6 Å². The fraction of sp³-hybridized carbons (Fsp3) is 0.588. The van der Waals surface area contributed by atoms with Gasteiger partial charge in [0.25, 0.3) is 0 Å². The molecule has 27 heavy (non-hydrogen) atoms. The molecular formula is C17H26N8O2. The van der Waals surface area contributed by atoms with Crippen molar-refractivity contribution >= 4 is 29.2 Å². The number of aliphatic imine (C=N–C) groups is 2. The minimum Gasteiger partial charge on any atom is -0.394 e. The third kappa shape index (κ3) is 4.06. The number of amidine groups is 1. The first kappa shape index (κ1) is 19.2. The lowest BCUT2D eigenvalue weighted by atomic mass is 10.1. The Morgan fingerprint density at radius 3 is 2.78 bits per heavy atom. The highest BCUT2D eigenvalue weighted by Crippen LogP contribution is 2.33. The summed E-state index contributed by atoms with van der Waals surface area (Å²) >= 11 is 0. The summed E-state index contributed by atoms with van der Waals surface area (Å²) in [5.74, 6) is 1.34. The van der Waals surface area contributed by atoms with Gasteiger partial charge in [-0.2, -0.15) is 0 Å². The molecule has 1 aliphatic rings. The number of rotatable bonds is 5. The second-order valence-electron chi connectivity index (χ2n) is 6.92. The summed E-state index contributed by atoms with van der Waals surface area (Å²) in [6, 6.07) is -0.129. The van der Waals surface area contributed by atoms with E-state index in [0.29, 0.717) is 23.4 Å². The summed E-state index contributed by atoms with van der Waals surface area (Å²) in [5, 5.41) is 9.64. The molecule has 1 aliphatic heterocycles. The van der Waals surface area contributed by atoms with Gasteiger partial charge in [0.15, 0.2) is 17.0 Å². The third-order valence-corrected chi connectivity index (χ3v) is 4.44. The molecule has 2 aromatic heterocycles. The Hall–Kier alpha value is -2.59. The molecule has 10 nitrogen and oxygen atoms in total. The van der Waals surface area contributed by atoms with Crippen LogP contribution >= 0.6 is 0 Å². The average Bonchev–Trinajstić information content (AvgIpc) is 3.23. The first-order valence-corrected chi connectivity index (χ1v) is 8.77. The molecule has 0 bridgehead atoms. The van der Waals surface area contributed by atoms with E-state index in [1.807, 2.05) is 49.5 Å². The Morgan fingerprint density at radius 1 is 1.33 bits per heavy atom. The zero-order valence-corrected chi connectivity index (χ0v) is 16.3. The summed E-state index contributed by atoms with van der Waals surface area (Å²) in [6.07, 6.45) is 4.85. The predicted molar refractivity (Wildman–Crippen MR) is 103 cm³/mol. The van der Waals surface area contributed by atoms with Crippen LogP contribution in [-0.2, 0) is 4.74 Å². The molecule has 0 unspecified atom stereocenters. The van der Waals surface area contributed by atoms with Gasteiger partial charge in [0.05, 0.1) is 25.3 Å². The summed E-state index contributed by atoms with van der Waals surface area (Å²) in [5.41, 5.74) is 1.26. The summed E-state index contributed by atoms with van der Waals surface area (Å²) in [6.45, 7) is 1.81. The van der Waals surface area contributed by atoms with Gasteiger partial charge in [0.2, 0.25) is 0 Å². The number of hydrogen-bond acceptors (Lipinski definition) is 7. The highest BCUT2D eigenvalue weighted by Gasteiger charge is 2.36. The zero-order valence-electron chi connectivity index (χ0n) is 16.3. The average molecular weight is 374 g/mol. The number of imidazole rings is 1. The van der Waals surface area contributed by atoms with Crippen molar-refractivity contribution in [1.29, 1.82) is 0 Å². The molecule has 0 saturated carbocycles. The van der Waals surface area contributed by atoms with Crippen LogP contribution in [0.4, 0.5) is 5.82 Å². The second-order valence-corrected chi connectivity index (χ2v) is 6.92. The molecular weight excluding hydrogens is 348 g/mol. The third-order valence-electron chi connectivity index (χ3n) is 4.44. The molecule has 0 aromatic carbocycles. The maximum Gasteiger partial charge on any atom is 0.185 e. The minimum atomic E-state index is -0.362. The molecule has 3 heterocycles. The summed E-state index contributed by atoms with van der Waals surface area (Å²) in [7, 11) is 7.66. The van der Waals surface area contributed by atoms with Crippen molar-refractivity contribution in [3.05, 3.63) is 12.7 Å². The van der Waals surface area contributed by atoms with Gasteiger partial charge < -0.3 is 19.6 Å². The Balaban J connectivity index is 1.91. The van der Waals surface area contributed by atoms with E-state index in [9.17, 15) is 5.11 Å². The number of ether oxygens (including phenoxy) is 1. The van der Waals surface area contributed by atoms with Gasteiger partial charge in [-0.3, -0.25) is 9.56 Å². The Kier molecular flexibility index (Phi) is 5.66. The van der Waals surface area contributed by atoms with Gasteiger partial charge in [0, 0.05) is 34.6 Å². The van der Waals surface area contributed by atoms with Gasteiger partial charge in [-0.25, -0.2) is 19.9 Å². The smallest absolute Gasteiger partial charge is 0.185 e. The van der Waals surface area contributed by atoms with E-state index in [2.05, 4.69) is 24.9 Å². The van der Waals surface area contributed by atoms with Crippen LogP contribution < -0.4 is 0 Å². The fourth-order valence-corrected chi connectivity index (χ4v) is 2.81. The number of aromatic nitrogens is 4. The summed E-state index contributed by atoms with van der Waals surface area (Å²) in [4.78, 5) is 25.9. The van der Waals surface area contributed by atoms with Gasteiger partial charge in [0.1, 0.15) is 24.5 Å². The van der Waals surface area contributed by atoms with Crippen LogP contribution in [0, 0.1) is 0 Å². The molecule has 0 radical (unpaired) electrons. The standard InChI is InChI=1S/C17H26N8O2/c1-11(24(4)5)22-16-15-17(19-8-18-16)25(10-21-15)14-6-12(13(7-26)27-14)20-9-23(2)3/h8-10,12-14,26H,6-7H2,1-5H3/b20-9-,22-11-/t12-,13+,14+/m0/s1. The maximum atomic E-state index is 9.64. The van der Waals surface area contributed by atoms with Crippen molar-refractivity contribution in [2.75, 3.05) is 34.8 Å². The normalized spacial score (nSPS) is 23.5. The van der Waals surface area contributed by atoms with Crippen LogP contribution in [-0.4, -0.2) is 93.5 Å². The molecule has 2 aromatic rings. The van der Waals surface area contributed by atoms with E-state index in [4.69, 9.17) is 4.74 Å².